The van der Waals surface area contributed by atoms with Crippen LogP contribution in [0.2, 0.25) is 0 Å². The first-order chi connectivity index (χ1) is 7.70. The van der Waals surface area contributed by atoms with Gasteiger partial charge in [-0.15, -0.1) is 0 Å². The summed E-state index contributed by atoms with van der Waals surface area (Å²) in [5.41, 5.74) is -0.191. The molecule has 1 unspecified atom stereocenters. The summed E-state index contributed by atoms with van der Waals surface area (Å²) < 4.78 is 28.0. The van der Waals surface area contributed by atoms with Crippen molar-refractivity contribution in [3.63, 3.8) is 0 Å². The van der Waals surface area contributed by atoms with Gasteiger partial charge < -0.3 is 10.1 Å². The summed E-state index contributed by atoms with van der Waals surface area (Å²) in [4.78, 5) is 0. The van der Waals surface area contributed by atoms with E-state index in [4.69, 9.17) is 4.74 Å². The van der Waals surface area contributed by atoms with Crippen LogP contribution in [0.4, 0.5) is 0 Å². The van der Waals surface area contributed by atoms with Crippen molar-refractivity contribution in [2.75, 3.05) is 25.7 Å². The zero-order valence-electron chi connectivity index (χ0n) is 11.7. The van der Waals surface area contributed by atoms with Gasteiger partial charge in [0.1, 0.15) is 9.84 Å². The van der Waals surface area contributed by atoms with Crippen LogP contribution in [0, 0.1) is 0 Å². The molecule has 0 bridgehead atoms. The molecule has 104 valence electrons. The van der Waals surface area contributed by atoms with Crippen molar-refractivity contribution in [1.29, 1.82) is 0 Å². The minimum Gasteiger partial charge on any atom is -0.379 e. The minimum absolute atomic E-state index is 0.0272. The van der Waals surface area contributed by atoms with E-state index < -0.39 is 9.84 Å². The van der Waals surface area contributed by atoms with E-state index >= 15 is 0 Å². The summed E-state index contributed by atoms with van der Waals surface area (Å²) in [5.74, 6) is 0.201. The first-order valence-electron chi connectivity index (χ1n) is 6.16. The van der Waals surface area contributed by atoms with Crippen molar-refractivity contribution in [3.05, 3.63) is 0 Å². The fraction of sp³-hybridized carbons (Fsp3) is 1.00. The molecule has 0 spiro atoms. The Hall–Kier alpha value is -0.130. The normalized spacial score (nSPS) is 14.9. The lowest BCUT2D eigenvalue weighted by Crippen LogP contribution is -2.38. The van der Waals surface area contributed by atoms with E-state index in [9.17, 15) is 8.42 Å². The third kappa shape index (κ3) is 9.56. The Bertz CT molecular complexity index is 299. The summed E-state index contributed by atoms with van der Waals surface area (Å²) in [7, 11) is -1.25. The van der Waals surface area contributed by atoms with Crippen LogP contribution in [-0.4, -0.2) is 45.7 Å². The SMILES string of the molecule is CCCNC(CCC(C)(C)OC)CS(C)(=O)=O. The number of ether oxygens (including phenoxy) is 1. The molecule has 5 heteroatoms. The second-order valence-electron chi connectivity index (χ2n) is 5.25. The van der Waals surface area contributed by atoms with E-state index in [0.29, 0.717) is 0 Å². The zero-order chi connectivity index (χ0) is 13.5. The topological polar surface area (TPSA) is 55.4 Å². The molecule has 0 aliphatic rings. The van der Waals surface area contributed by atoms with Gasteiger partial charge in [-0.2, -0.15) is 0 Å². The molecule has 0 aromatic heterocycles. The maximum atomic E-state index is 11.3. The lowest BCUT2D eigenvalue weighted by atomic mass is 9.99. The van der Waals surface area contributed by atoms with Gasteiger partial charge in [-0.3, -0.25) is 0 Å². The molecule has 1 atom stereocenters. The maximum absolute atomic E-state index is 11.3. The van der Waals surface area contributed by atoms with E-state index in [-0.39, 0.29) is 17.4 Å². The Balaban J connectivity index is 4.29. The van der Waals surface area contributed by atoms with Crippen LogP contribution in [0.1, 0.15) is 40.0 Å². The quantitative estimate of drug-likeness (QED) is 0.688. The first-order valence-corrected chi connectivity index (χ1v) is 8.22. The van der Waals surface area contributed by atoms with Crippen molar-refractivity contribution >= 4 is 9.84 Å². The third-order valence-corrected chi connectivity index (χ3v) is 3.84. The Kier molecular flexibility index (Phi) is 7.28. The molecule has 0 aliphatic heterocycles. The van der Waals surface area contributed by atoms with E-state index in [1.807, 2.05) is 13.8 Å². The van der Waals surface area contributed by atoms with Crippen molar-refractivity contribution in [2.24, 2.45) is 0 Å². The number of sulfone groups is 1. The molecule has 0 amide bonds. The average Bonchev–Trinajstić information content (AvgIpc) is 2.20. The molecule has 17 heavy (non-hydrogen) atoms. The number of hydrogen-bond acceptors (Lipinski definition) is 4. The molecule has 0 radical (unpaired) electrons. The molecule has 0 heterocycles. The number of nitrogens with one attached hydrogen (secondary N) is 1. The maximum Gasteiger partial charge on any atom is 0.148 e. The highest BCUT2D eigenvalue weighted by molar-refractivity contribution is 7.90. The first kappa shape index (κ1) is 16.9. The van der Waals surface area contributed by atoms with Crippen molar-refractivity contribution in [2.45, 2.75) is 51.7 Å². The van der Waals surface area contributed by atoms with E-state index in [0.717, 1.165) is 25.8 Å². The average molecular weight is 265 g/mol. The third-order valence-electron chi connectivity index (χ3n) is 2.83. The predicted molar refractivity (Wildman–Crippen MR) is 72.1 cm³/mol. The van der Waals surface area contributed by atoms with E-state index in [1.54, 1.807) is 7.11 Å². The summed E-state index contributed by atoms with van der Waals surface area (Å²) in [6, 6.07) is 0.0272. The molecule has 0 saturated carbocycles. The molecule has 0 aliphatic carbocycles. The molecular formula is C12H27NO3S. The van der Waals surface area contributed by atoms with Gasteiger partial charge in [0.2, 0.25) is 0 Å². The van der Waals surface area contributed by atoms with Crippen molar-refractivity contribution < 1.29 is 13.2 Å². The molecule has 1 N–H and O–H groups in total. The van der Waals surface area contributed by atoms with Crippen molar-refractivity contribution in [1.82, 2.24) is 5.32 Å². The van der Waals surface area contributed by atoms with Gasteiger partial charge in [-0.25, -0.2) is 8.42 Å². The van der Waals surface area contributed by atoms with Crippen LogP contribution in [0.5, 0.6) is 0 Å². The van der Waals surface area contributed by atoms with Crippen molar-refractivity contribution in [3.8, 4) is 0 Å². The van der Waals surface area contributed by atoms with Gasteiger partial charge in [0.05, 0.1) is 11.4 Å². The lowest BCUT2D eigenvalue weighted by Gasteiger charge is -2.26. The Morgan fingerprint density at radius 2 is 1.94 bits per heavy atom. The molecule has 0 saturated heterocycles. The Morgan fingerprint density at radius 3 is 2.35 bits per heavy atom. The number of methoxy groups -OCH3 is 1. The summed E-state index contributed by atoms with van der Waals surface area (Å²) in [6.45, 7) is 6.96. The second-order valence-corrected chi connectivity index (χ2v) is 7.43. The molecular weight excluding hydrogens is 238 g/mol. The Morgan fingerprint density at radius 1 is 1.35 bits per heavy atom. The summed E-state index contributed by atoms with van der Waals surface area (Å²) >= 11 is 0. The van der Waals surface area contributed by atoms with Gasteiger partial charge >= 0.3 is 0 Å². The summed E-state index contributed by atoms with van der Waals surface area (Å²) in [5, 5.41) is 3.29. The summed E-state index contributed by atoms with van der Waals surface area (Å²) in [6.07, 6.45) is 3.96. The minimum atomic E-state index is -2.93. The number of rotatable bonds is 9. The van der Waals surface area contributed by atoms with Gasteiger partial charge in [-0.1, -0.05) is 6.92 Å². The van der Waals surface area contributed by atoms with E-state index in [2.05, 4.69) is 12.2 Å². The van der Waals surface area contributed by atoms with Crippen LogP contribution in [0.3, 0.4) is 0 Å². The van der Waals surface area contributed by atoms with E-state index in [1.165, 1.54) is 6.26 Å². The molecule has 4 nitrogen and oxygen atoms in total. The smallest absolute Gasteiger partial charge is 0.148 e. The second kappa shape index (κ2) is 7.34. The Labute approximate surface area is 106 Å². The largest absolute Gasteiger partial charge is 0.379 e. The standard InChI is InChI=1S/C12H27NO3S/c1-6-9-13-11(10-17(5,14)15)7-8-12(2,3)16-4/h11,13H,6-10H2,1-5H3. The fourth-order valence-electron chi connectivity index (χ4n) is 1.58. The monoisotopic (exact) mass is 265 g/mol. The molecule has 0 rings (SSSR count). The van der Waals surface area contributed by atoms with Crippen LogP contribution in [0.25, 0.3) is 0 Å². The highest BCUT2D eigenvalue weighted by Gasteiger charge is 2.21. The van der Waals surface area contributed by atoms with Crippen LogP contribution in [-0.2, 0) is 14.6 Å². The van der Waals surface area contributed by atoms with Crippen LogP contribution in [0.15, 0.2) is 0 Å². The van der Waals surface area contributed by atoms with Gasteiger partial charge in [-0.05, 0) is 39.7 Å². The molecule has 0 aromatic carbocycles. The molecule has 0 fully saturated rings. The predicted octanol–water partition coefficient (Wildman–Crippen LogP) is 1.60. The van der Waals surface area contributed by atoms with Crippen LogP contribution >= 0.6 is 0 Å². The lowest BCUT2D eigenvalue weighted by molar-refractivity contribution is 0.0122. The molecule has 0 aromatic rings. The number of hydrogen-bond donors (Lipinski definition) is 1. The fourth-order valence-corrected chi connectivity index (χ4v) is 2.60. The highest BCUT2D eigenvalue weighted by Crippen LogP contribution is 2.17. The van der Waals surface area contributed by atoms with Gasteiger partial charge in [0.15, 0.2) is 0 Å². The van der Waals surface area contributed by atoms with Crippen LogP contribution < -0.4 is 5.32 Å². The zero-order valence-corrected chi connectivity index (χ0v) is 12.6. The highest BCUT2D eigenvalue weighted by atomic mass is 32.2. The van der Waals surface area contributed by atoms with Gasteiger partial charge in [0, 0.05) is 19.4 Å². The van der Waals surface area contributed by atoms with Gasteiger partial charge in [0.25, 0.3) is 0 Å².